The number of aliphatic hydroxyl groups is 1. The Balaban J connectivity index is 1.71. The first-order chi connectivity index (χ1) is 17.0. The summed E-state index contributed by atoms with van der Waals surface area (Å²) in [5.41, 5.74) is 4.34. The van der Waals surface area contributed by atoms with Crippen molar-refractivity contribution in [3.8, 4) is 5.75 Å². The largest absolute Gasteiger partial charge is 0.494 e. The number of carbonyl (C=O) groups is 1. The fourth-order valence-electron chi connectivity index (χ4n) is 5.00. The summed E-state index contributed by atoms with van der Waals surface area (Å²) in [6.45, 7) is 12.0. The smallest absolute Gasteiger partial charge is 0.256 e. The lowest BCUT2D eigenvalue weighted by molar-refractivity contribution is -1.02. The van der Waals surface area contributed by atoms with Crippen LogP contribution in [0.3, 0.4) is 0 Å². The molecule has 0 bridgehead atoms. The normalized spacial score (nSPS) is 18.7. The summed E-state index contributed by atoms with van der Waals surface area (Å²) in [4.78, 5) is 17.3. The average molecular weight is 496 g/mol. The highest BCUT2D eigenvalue weighted by Gasteiger charge is 2.36. The number of nitrogens with one attached hydrogen (secondary N) is 3. The Morgan fingerprint density at radius 2 is 1.74 bits per heavy atom. The van der Waals surface area contributed by atoms with Gasteiger partial charge >= 0.3 is 0 Å². The summed E-state index contributed by atoms with van der Waals surface area (Å²) in [6, 6.07) is 18.0. The van der Waals surface area contributed by atoms with Gasteiger partial charge in [0.15, 0.2) is 0 Å². The molecule has 0 saturated carbocycles. The molecule has 0 spiro atoms. The van der Waals surface area contributed by atoms with E-state index in [2.05, 4.69) is 43.4 Å². The highest BCUT2D eigenvalue weighted by molar-refractivity contribution is 7.16. The molecule has 4 rings (SSSR count). The van der Waals surface area contributed by atoms with Crippen molar-refractivity contribution < 1.29 is 24.4 Å². The lowest BCUT2D eigenvalue weighted by Gasteiger charge is -2.35. The van der Waals surface area contributed by atoms with Crippen molar-refractivity contribution in [2.75, 3.05) is 51.3 Å². The second kappa shape index (κ2) is 11.8. The van der Waals surface area contributed by atoms with E-state index in [0.717, 1.165) is 43.5 Å². The van der Waals surface area contributed by atoms with Crippen LogP contribution < -0.4 is 19.9 Å². The number of thiophene rings is 1. The number of quaternary nitrogens is 2. The van der Waals surface area contributed by atoms with E-state index in [1.807, 2.05) is 37.3 Å². The number of carbonyl (C=O) groups excluding carboxylic acids is 1. The number of aryl methyl sites for hydroxylation is 1. The minimum absolute atomic E-state index is 0.0780. The Bertz CT molecular complexity index is 1110. The van der Waals surface area contributed by atoms with E-state index >= 15 is 0 Å². The number of benzene rings is 2. The zero-order valence-electron chi connectivity index (χ0n) is 20.9. The number of rotatable bonds is 9. The lowest BCUT2D eigenvalue weighted by atomic mass is 9.94. The van der Waals surface area contributed by atoms with Crippen molar-refractivity contribution in [2.24, 2.45) is 0 Å². The van der Waals surface area contributed by atoms with Gasteiger partial charge in [-0.15, -0.1) is 11.3 Å². The molecule has 1 amide bonds. The van der Waals surface area contributed by atoms with Crippen LogP contribution in [0.4, 0.5) is 5.00 Å². The molecule has 1 saturated heterocycles. The van der Waals surface area contributed by atoms with Crippen LogP contribution in [0.5, 0.6) is 5.75 Å². The van der Waals surface area contributed by atoms with Gasteiger partial charge in [0.2, 0.25) is 0 Å². The third kappa shape index (κ3) is 5.93. The van der Waals surface area contributed by atoms with Crippen LogP contribution in [0.2, 0.25) is 0 Å². The van der Waals surface area contributed by atoms with Gasteiger partial charge in [-0.05, 0) is 62.7 Å². The molecule has 4 N–H and O–H groups in total. The van der Waals surface area contributed by atoms with Crippen LogP contribution in [-0.2, 0) is 0 Å². The molecule has 3 aromatic rings. The number of hydrogen-bond donors (Lipinski definition) is 4. The maximum Gasteiger partial charge on any atom is 0.256 e. The SMILES string of the molecule is CCOc1ccc(C(c2c(NC(=O)c3ccccc3)sc(C)c2C)[NH+]2CC[NH+](CCO)CC2)cc1. The molecule has 7 heteroatoms. The molecule has 1 aromatic heterocycles. The predicted molar refractivity (Wildman–Crippen MR) is 141 cm³/mol. The summed E-state index contributed by atoms with van der Waals surface area (Å²) >= 11 is 1.66. The van der Waals surface area contributed by atoms with Gasteiger partial charge in [0.25, 0.3) is 5.91 Å². The number of ether oxygens (including phenoxy) is 1. The van der Waals surface area contributed by atoms with E-state index in [4.69, 9.17) is 4.74 Å². The van der Waals surface area contributed by atoms with Gasteiger partial charge in [0, 0.05) is 16.0 Å². The van der Waals surface area contributed by atoms with Crippen molar-refractivity contribution in [3.05, 3.63) is 81.7 Å². The molecule has 1 fully saturated rings. The molecule has 186 valence electrons. The summed E-state index contributed by atoms with van der Waals surface area (Å²) in [5.74, 6) is 0.795. The van der Waals surface area contributed by atoms with Crippen molar-refractivity contribution in [1.82, 2.24) is 0 Å². The van der Waals surface area contributed by atoms with Crippen molar-refractivity contribution in [1.29, 1.82) is 0 Å². The monoisotopic (exact) mass is 495 g/mol. The highest BCUT2D eigenvalue weighted by Crippen LogP contribution is 2.38. The minimum Gasteiger partial charge on any atom is -0.494 e. The molecule has 1 atom stereocenters. The summed E-state index contributed by atoms with van der Waals surface area (Å²) in [7, 11) is 0. The van der Waals surface area contributed by atoms with Gasteiger partial charge in [-0.1, -0.05) is 18.2 Å². The van der Waals surface area contributed by atoms with Gasteiger partial charge in [-0.2, -0.15) is 0 Å². The molecule has 0 aliphatic carbocycles. The zero-order valence-corrected chi connectivity index (χ0v) is 21.7. The van der Waals surface area contributed by atoms with Crippen LogP contribution >= 0.6 is 11.3 Å². The molecule has 2 heterocycles. The third-order valence-corrected chi connectivity index (χ3v) is 8.12. The second-order valence-electron chi connectivity index (χ2n) is 9.16. The van der Waals surface area contributed by atoms with Gasteiger partial charge in [0.05, 0.1) is 18.8 Å². The van der Waals surface area contributed by atoms with Crippen LogP contribution in [0.25, 0.3) is 0 Å². The molecular weight excluding hydrogens is 458 g/mol. The standard InChI is InChI=1S/C28H35N3O3S/c1-4-34-24-12-10-22(11-13-24)26(31-16-14-30(15-17-31)18-19-32)25-20(2)21(3)35-28(25)29-27(33)23-8-6-5-7-9-23/h5-13,26,32H,4,14-19H2,1-3H3,(H,29,33)/p+2. The van der Waals surface area contributed by atoms with E-state index in [1.54, 1.807) is 11.3 Å². The molecule has 2 aromatic carbocycles. The first-order valence-electron chi connectivity index (χ1n) is 12.5. The summed E-state index contributed by atoms with van der Waals surface area (Å²) in [5, 5.41) is 13.6. The Labute approximate surface area is 212 Å². The molecule has 6 nitrogen and oxygen atoms in total. The quantitative estimate of drug-likeness (QED) is 0.367. The third-order valence-electron chi connectivity index (χ3n) is 6.98. The number of hydrogen-bond acceptors (Lipinski definition) is 4. The Morgan fingerprint density at radius 3 is 2.37 bits per heavy atom. The van der Waals surface area contributed by atoms with Gasteiger partial charge in [-0.25, -0.2) is 0 Å². The van der Waals surface area contributed by atoms with Crippen LogP contribution in [-0.4, -0.2) is 57.0 Å². The molecule has 1 aliphatic heterocycles. The van der Waals surface area contributed by atoms with E-state index in [0.29, 0.717) is 12.2 Å². The summed E-state index contributed by atoms with van der Waals surface area (Å²) in [6.07, 6.45) is 0. The van der Waals surface area contributed by atoms with Crippen LogP contribution in [0.15, 0.2) is 54.6 Å². The van der Waals surface area contributed by atoms with Crippen molar-refractivity contribution in [2.45, 2.75) is 26.8 Å². The number of amides is 1. The van der Waals surface area contributed by atoms with Gasteiger partial charge < -0.3 is 25.0 Å². The fraction of sp³-hybridized carbons (Fsp3) is 0.393. The van der Waals surface area contributed by atoms with Crippen molar-refractivity contribution >= 4 is 22.2 Å². The maximum atomic E-state index is 13.1. The predicted octanol–water partition coefficient (Wildman–Crippen LogP) is 1.88. The number of piperazine rings is 1. The second-order valence-corrected chi connectivity index (χ2v) is 10.4. The van der Waals surface area contributed by atoms with E-state index < -0.39 is 0 Å². The highest BCUT2D eigenvalue weighted by atomic mass is 32.1. The average Bonchev–Trinajstić information content (AvgIpc) is 3.15. The molecule has 35 heavy (non-hydrogen) atoms. The Hall–Kier alpha value is -2.71. The van der Waals surface area contributed by atoms with Crippen molar-refractivity contribution in [3.63, 3.8) is 0 Å². The van der Waals surface area contributed by atoms with Gasteiger partial charge in [0.1, 0.15) is 49.5 Å². The number of anilines is 1. The number of aliphatic hydroxyl groups excluding tert-OH is 1. The van der Waals surface area contributed by atoms with E-state index in [9.17, 15) is 9.90 Å². The lowest BCUT2D eigenvalue weighted by Crippen LogP contribution is -3.28. The van der Waals surface area contributed by atoms with Crippen LogP contribution in [0.1, 0.15) is 44.9 Å². The molecular formula is C28H37N3O3S+2. The first-order valence-corrected chi connectivity index (χ1v) is 13.3. The van der Waals surface area contributed by atoms with E-state index in [1.165, 1.54) is 31.4 Å². The molecule has 1 aliphatic rings. The fourth-order valence-corrected chi connectivity index (χ4v) is 6.09. The summed E-state index contributed by atoms with van der Waals surface area (Å²) < 4.78 is 5.70. The Morgan fingerprint density at radius 1 is 1.06 bits per heavy atom. The topological polar surface area (TPSA) is 67.4 Å². The maximum absolute atomic E-state index is 13.1. The van der Waals surface area contributed by atoms with Gasteiger partial charge in [-0.3, -0.25) is 4.79 Å². The van der Waals surface area contributed by atoms with E-state index in [-0.39, 0.29) is 18.6 Å². The Kier molecular flexibility index (Phi) is 8.57. The molecule has 0 radical (unpaired) electrons. The molecule has 1 unspecified atom stereocenters. The first kappa shape index (κ1) is 25.4. The zero-order chi connectivity index (χ0) is 24.8. The van der Waals surface area contributed by atoms with Crippen LogP contribution in [0, 0.1) is 13.8 Å². The minimum atomic E-state index is -0.0780.